The summed E-state index contributed by atoms with van der Waals surface area (Å²) in [5, 5.41) is 21.5. The first kappa shape index (κ1) is 21.2. The Morgan fingerprint density at radius 1 is 1.10 bits per heavy atom. The van der Waals surface area contributed by atoms with E-state index in [9.17, 15) is 5.11 Å². The number of aliphatic hydroxyl groups excluding tert-OH is 1. The summed E-state index contributed by atoms with van der Waals surface area (Å²) in [6, 6.07) is 0.773. The molecule has 0 spiro atoms. The summed E-state index contributed by atoms with van der Waals surface area (Å²) in [5.41, 5.74) is 2.20. The van der Waals surface area contributed by atoms with Crippen LogP contribution in [0, 0.1) is 0 Å². The van der Waals surface area contributed by atoms with Crippen molar-refractivity contribution in [1.29, 1.82) is 0 Å². The molecule has 1 unspecified atom stereocenters. The maximum absolute atomic E-state index is 9.94. The molecule has 0 bridgehead atoms. The Kier molecular flexibility index (Phi) is 7.00. The Morgan fingerprint density at radius 2 is 1.87 bits per heavy atom. The predicted octanol–water partition coefficient (Wildman–Crippen LogP) is 3.81. The molecule has 2 aliphatic rings. The van der Waals surface area contributed by atoms with E-state index in [2.05, 4.69) is 34.8 Å². The number of nitrogens with zero attached hydrogens (tertiary/aromatic N) is 3. The number of anilines is 2. The van der Waals surface area contributed by atoms with Crippen LogP contribution in [0.3, 0.4) is 0 Å². The van der Waals surface area contributed by atoms with Crippen LogP contribution in [-0.2, 0) is 0 Å². The monoisotopic (exact) mass is 412 g/mol. The molecule has 0 aromatic carbocycles. The first-order chi connectivity index (χ1) is 14.6. The van der Waals surface area contributed by atoms with Crippen molar-refractivity contribution in [2.45, 2.75) is 89.3 Å². The summed E-state index contributed by atoms with van der Waals surface area (Å²) in [5.74, 6) is 1.98. The van der Waals surface area contributed by atoms with Crippen LogP contribution in [0.5, 0.6) is 0 Å². The van der Waals surface area contributed by atoms with Crippen molar-refractivity contribution in [3.63, 3.8) is 0 Å². The van der Waals surface area contributed by atoms with Gasteiger partial charge in [-0.25, -0.2) is 15.0 Å². The van der Waals surface area contributed by atoms with Gasteiger partial charge in [-0.1, -0.05) is 13.3 Å². The van der Waals surface area contributed by atoms with Gasteiger partial charge in [-0.2, -0.15) is 0 Å². The quantitative estimate of drug-likeness (QED) is 0.549. The summed E-state index contributed by atoms with van der Waals surface area (Å²) >= 11 is 0. The minimum absolute atomic E-state index is 0.164. The van der Waals surface area contributed by atoms with Gasteiger partial charge in [-0.15, -0.1) is 0 Å². The SMILES string of the molecule is CCCC(C)Nc1ncc2c(NC3CCNCC3)ncc(C3CCC(O)CC3)c2n1. The second-order valence-corrected chi connectivity index (χ2v) is 9.03. The standard InChI is InChI=1S/C23H36N6O/c1-3-4-15(2)27-23-26-14-20-21(29-23)19(16-5-7-18(30)8-6-16)13-25-22(20)28-17-9-11-24-12-10-17/h13-18,24,30H,3-12H2,1-2H3,(H,25,28)(H,26,27,29). The van der Waals surface area contributed by atoms with Gasteiger partial charge in [0.15, 0.2) is 0 Å². The van der Waals surface area contributed by atoms with Gasteiger partial charge in [-0.3, -0.25) is 0 Å². The molecule has 0 amide bonds. The van der Waals surface area contributed by atoms with Crippen LogP contribution in [-0.4, -0.2) is 51.3 Å². The van der Waals surface area contributed by atoms with Gasteiger partial charge in [0.25, 0.3) is 0 Å². The Hall–Kier alpha value is -1.99. The van der Waals surface area contributed by atoms with Crippen molar-refractivity contribution in [1.82, 2.24) is 20.3 Å². The second-order valence-electron chi connectivity index (χ2n) is 9.03. The number of aliphatic hydroxyl groups is 1. The summed E-state index contributed by atoms with van der Waals surface area (Å²) < 4.78 is 0. The van der Waals surface area contributed by atoms with E-state index in [1.807, 2.05) is 12.4 Å². The van der Waals surface area contributed by atoms with Gasteiger partial charge < -0.3 is 21.1 Å². The van der Waals surface area contributed by atoms with E-state index in [1.165, 1.54) is 5.56 Å². The Morgan fingerprint density at radius 3 is 2.60 bits per heavy atom. The topological polar surface area (TPSA) is 95.0 Å². The van der Waals surface area contributed by atoms with Crippen molar-refractivity contribution in [3.05, 3.63) is 18.0 Å². The first-order valence-electron chi connectivity index (χ1n) is 11.7. The van der Waals surface area contributed by atoms with Crippen LogP contribution in [0.15, 0.2) is 12.4 Å². The fourth-order valence-electron chi connectivity index (χ4n) is 4.80. The van der Waals surface area contributed by atoms with E-state index in [0.717, 1.165) is 81.2 Å². The second kappa shape index (κ2) is 9.88. The maximum atomic E-state index is 9.94. The lowest BCUT2D eigenvalue weighted by atomic mass is 9.82. The van der Waals surface area contributed by atoms with Crippen LogP contribution >= 0.6 is 0 Å². The Bertz CT molecular complexity index is 830. The molecule has 1 saturated carbocycles. The molecule has 2 fully saturated rings. The number of aromatic nitrogens is 3. The zero-order valence-corrected chi connectivity index (χ0v) is 18.3. The van der Waals surface area contributed by atoms with Crippen LogP contribution in [0.25, 0.3) is 10.9 Å². The molecule has 1 saturated heterocycles. The molecule has 3 heterocycles. The summed E-state index contributed by atoms with van der Waals surface area (Å²) in [4.78, 5) is 14.4. The molecule has 0 radical (unpaired) electrons. The van der Waals surface area contributed by atoms with Crippen molar-refractivity contribution in [2.24, 2.45) is 0 Å². The van der Waals surface area contributed by atoms with Gasteiger partial charge in [0.2, 0.25) is 5.95 Å². The van der Waals surface area contributed by atoms with Crippen LogP contribution in [0.1, 0.15) is 76.7 Å². The largest absolute Gasteiger partial charge is 0.393 e. The van der Waals surface area contributed by atoms with Crippen LogP contribution in [0.2, 0.25) is 0 Å². The number of hydrogen-bond acceptors (Lipinski definition) is 7. The molecule has 4 rings (SSSR count). The normalized spacial score (nSPS) is 24.0. The van der Waals surface area contributed by atoms with Crippen molar-refractivity contribution >= 4 is 22.7 Å². The van der Waals surface area contributed by atoms with Crippen molar-refractivity contribution < 1.29 is 5.11 Å². The summed E-state index contributed by atoms with van der Waals surface area (Å²) in [6.45, 7) is 6.45. The van der Waals surface area contributed by atoms with E-state index >= 15 is 0 Å². The molecule has 2 aromatic rings. The van der Waals surface area contributed by atoms with E-state index in [-0.39, 0.29) is 6.10 Å². The summed E-state index contributed by atoms with van der Waals surface area (Å²) in [6.07, 6.45) is 11.9. The minimum Gasteiger partial charge on any atom is -0.393 e. The highest BCUT2D eigenvalue weighted by atomic mass is 16.3. The number of piperidine rings is 1. The smallest absolute Gasteiger partial charge is 0.223 e. The molecule has 1 atom stereocenters. The highest BCUT2D eigenvalue weighted by Gasteiger charge is 2.25. The lowest BCUT2D eigenvalue weighted by Crippen LogP contribution is -2.35. The molecule has 7 nitrogen and oxygen atoms in total. The van der Waals surface area contributed by atoms with E-state index < -0.39 is 0 Å². The van der Waals surface area contributed by atoms with Gasteiger partial charge in [0.1, 0.15) is 5.82 Å². The number of fused-ring (bicyclic) bond motifs is 1. The van der Waals surface area contributed by atoms with Gasteiger partial charge in [0, 0.05) is 30.0 Å². The number of nitrogens with one attached hydrogen (secondary N) is 3. The van der Waals surface area contributed by atoms with Crippen molar-refractivity contribution in [2.75, 3.05) is 23.7 Å². The highest BCUT2D eigenvalue weighted by molar-refractivity contribution is 5.91. The first-order valence-corrected chi connectivity index (χ1v) is 11.7. The average molecular weight is 413 g/mol. The van der Waals surface area contributed by atoms with E-state index in [4.69, 9.17) is 9.97 Å². The molecule has 7 heteroatoms. The molecule has 164 valence electrons. The van der Waals surface area contributed by atoms with E-state index in [1.54, 1.807) is 0 Å². The Balaban J connectivity index is 1.67. The Labute approximate surface area is 179 Å². The van der Waals surface area contributed by atoms with Crippen LogP contribution in [0.4, 0.5) is 11.8 Å². The third kappa shape index (κ3) is 5.01. The average Bonchev–Trinajstić information content (AvgIpc) is 2.75. The van der Waals surface area contributed by atoms with Gasteiger partial charge in [-0.05, 0) is 70.9 Å². The molecule has 2 aromatic heterocycles. The molecule has 1 aliphatic heterocycles. The lowest BCUT2D eigenvalue weighted by molar-refractivity contribution is 0.122. The number of rotatable bonds is 7. The lowest BCUT2D eigenvalue weighted by Gasteiger charge is -2.28. The van der Waals surface area contributed by atoms with Crippen molar-refractivity contribution in [3.8, 4) is 0 Å². The molecule has 1 aliphatic carbocycles. The maximum Gasteiger partial charge on any atom is 0.223 e. The highest BCUT2D eigenvalue weighted by Crippen LogP contribution is 2.37. The third-order valence-corrected chi connectivity index (χ3v) is 6.56. The minimum atomic E-state index is -0.164. The third-order valence-electron chi connectivity index (χ3n) is 6.56. The van der Waals surface area contributed by atoms with E-state index in [0.29, 0.717) is 23.9 Å². The molecular formula is C23H36N6O. The van der Waals surface area contributed by atoms with Crippen LogP contribution < -0.4 is 16.0 Å². The molecule has 30 heavy (non-hydrogen) atoms. The zero-order valence-electron chi connectivity index (χ0n) is 18.3. The molecule has 4 N–H and O–H groups in total. The van der Waals surface area contributed by atoms with Gasteiger partial charge in [0.05, 0.1) is 17.0 Å². The van der Waals surface area contributed by atoms with Gasteiger partial charge >= 0.3 is 0 Å². The molecular weight excluding hydrogens is 376 g/mol. The fourth-order valence-corrected chi connectivity index (χ4v) is 4.80. The zero-order chi connectivity index (χ0) is 20.9. The number of hydrogen-bond donors (Lipinski definition) is 4. The fraction of sp³-hybridized carbons (Fsp3) is 0.696. The number of pyridine rings is 1. The predicted molar refractivity (Wildman–Crippen MR) is 122 cm³/mol. The summed E-state index contributed by atoms with van der Waals surface area (Å²) in [7, 11) is 0.